The number of Topliss-reactive ketones (excluding diaryl/α,β-unsaturated/α-hetero) is 1. The molecule has 0 atom stereocenters. The summed E-state index contributed by atoms with van der Waals surface area (Å²) in [6.07, 6.45) is 2.90. The van der Waals surface area contributed by atoms with E-state index in [0.717, 1.165) is 0 Å². The molecule has 0 aliphatic carbocycles. The van der Waals surface area contributed by atoms with Crippen LogP contribution in [0, 0.1) is 5.92 Å². The first-order valence-electron chi connectivity index (χ1n) is 3.73. The van der Waals surface area contributed by atoms with Crippen LogP contribution < -0.4 is 5.73 Å². The van der Waals surface area contributed by atoms with Gasteiger partial charge in [-0.15, -0.1) is 0 Å². The van der Waals surface area contributed by atoms with Crippen LogP contribution >= 0.6 is 0 Å². The lowest BCUT2D eigenvalue weighted by Gasteiger charge is -2.02. The highest BCUT2D eigenvalue weighted by molar-refractivity contribution is 5.96. The zero-order chi connectivity index (χ0) is 9.14. The number of nitrogen functional groups attached to an aromatic ring is 1. The molecule has 0 unspecified atom stereocenters. The summed E-state index contributed by atoms with van der Waals surface area (Å²) in [6.45, 7) is 3.66. The molecule has 0 fully saturated rings. The topological polar surface area (TPSA) is 68.9 Å². The minimum Gasteiger partial charge on any atom is -0.368 e. The molecule has 0 saturated heterocycles. The molecule has 1 aromatic heterocycles. The number of nitrogens with zero attached hydrogens (tertiary/aromatic N) is 2. The smallest absolute Gasteiger partial charge is 0.219 e. The van der Waals surface area contributed by atoms with E-state index in [1.165, 1.54) is 12.4 Å². The van der Waals surface area contributed by atoms with Crippen molar-refractivity contribution in [1.29, 1.82) is 0 Å². The molecule has 0 aliphatic rings. The van der Waals surface area contributed by atoms with Crippen LogP contribution in [0.5, 0.6) is 0 Å². The molecule has 64 valence electrons. The number of carbonyl (C=O) groups is 1. The van der Waals surface area contributed by atoms with Crippen LogP contribution in [0.25, 0.3) is 0 Å². The van der Waals surface area contributed by atoms with Gasteiger partial charge in [-0.3, -0.25) is 4.79 Å². The van der Waals surface area contributed by atoms with E-state index in [2.05, 4.69) is 9.97 Å². The first-order valence-corrected chi connectivity index (χ1v) is 3.73. The van der Waals surface area contributed by atoms with Crippen LogP contribution in [-0.2, 0) is 0 Å². The summed E-state index contributed by atoms with van der Waals surface area (Å²) < 4.78 is 0. The Bertz CT molecular complexity index is 279. The number of anilines is 1. The predicted molar refractivity (Wildman–Crippen MR) is 45.6 cm³/mol. The largest absolute Gasteiger partial charge is 0.368 e. The van der Waals surface area contributed by atoms with Gasteiger partial charge < -0.3 is 5.73 Å². The fourth-order valence-electron chi connectivity index (χ4n) is 0.799. The van der Waals surface area contributed by atoms with Gasteiger partial charge in [0.25, 0.3) is 0 Å². The van der Waals surface area contributed by atoms with Crippen molar-refractivity contribution < 1.29 is 4.79 Å². The standard InChI is InChI=1S/C8H11N3O/c1-5(2)7(12)6-3-10-8(9)11-4-6/h3-5H,1-2H3,(H2,9,10,11). The van der Waals surface area contributed by atoms with E-state index in [4.69, 9.17) is 5.73 Å². The van der Waals surface area contributed by atoms with Crippen molar-refractivity contribution in [3.05, 3.63) is 18.0 Å². The van der Waals surface area contributed by atoms with Crippen molar-refractivity contribution in [2.75, 3.05) is 5.73 Å². The summed E-state index contributed by atoms with van der Waals surface area (Å²) in [5, 5.41) is 0. The highest BCUT2D eigenvalue weighted by Crippen LogP contribution is 2.05. The zero-order valence-electron chi connectivity index (χ0n) is 7.11. The number of nitrogens with two attached hydrogens (primary N) is 1. The number of aromatic nitrogens is 2. The van der Waals surface area contributed by atoms with Gasteiger partial charge in [-0.1, -0.05) is 13.8 Å². The Labute approximate surface area is 70.8 Å². The Morgan fingerprint density at radius 2 is 1.92 bits per heavy atom. The third-order valence-electron chi connectivity index (χ3n) is 1.48. The van der Waals surface area contributed by atoms with E-state index in [0.29, 0.717) is 5.56 Å². The molecule has 0 saturated carbocycles. The Kier molecular flexibility index (Phi) is 2.38. The molecule has 12 heavy (non-hydrogen) atoms. The SMILES string of the molecule is CC(C)C(=O)c1cnc(N)nc1. The maximum Gasteiger partial charge on any atom is 0.219 e. The maximum atomic E-state index is 11.3. The molecular formula is C8H11N3O. The summed E-state index contributed by atoms with van der Waals surface area (Å²) in [7, 11) is 0. The first-order chi connectivity index (χ1) is 5.61. The Balaban J connectivity index is 2.90. The van der Waals surface area contributed by atoms with Crippen molar-refractivity contribution in [1.82, 2.24) is 9.97 Å². The Morgan fingerprint density at radius 3 is 2.33 bits per heavy atom. The van der Waals surface area contributed by atoms with Gasteiger partial charge in [0.2, 0.25) is 5.95 Å². The minimum absolute atomic E-state index is 0.0303. The Hall–Kier alpha value is -1.45. The lowest BCUT2D eigenvalue weighted by Crippen LogP contribution is -2.09. The third kappa shape index (κ3) is 1.78. The average molecular weight is 165 g/mol. The fraction of sp³-hybridized carbons (Fsp3) is 0.375. The van der Waals surface area contributed by atoms with Crippen molar-refractivity contribution in [2.24, 2.45) is 5.92 Å². The van der Waals surface area contributed by atoms with E-state index in [1.54, 1.807) is 0 Å². The molecule has 0 aromatic carbocycles. The van der Waals surface area contributed by atoms with Gasteiger partial charge in [-0.05, 0) is 0 Å². The Morgan fingerprint density at radius 1 is 1.42 bits per heavy atom. The summed E-state index contributed by atoms with van der Waals surface area (Å²) in [6, 6.07) is 0. The second-order valence-corrected chi connectivity index (χ2v) is 2.85. The number of rotatable bonds is 2. The van der Waals surface area contributed by atoms with E-state index in [-0.39, 0.29) is 17.6 Å². The summed E-state index contributed by atoms with van der Waals surface area (Å²) >= 11 is 0. The molecule has 1 aromatic rings. The second kappa shape index (κ2) is 3.30. The van der Waals surface area contributed by atoms with Gasteiger partial charge in [0.15, 0.2) is 5.78 Å². The highest BCUT2D eigenvalue weighted by atomic mass is 16.1. The van der Waals surface area contributed by atoms with Crippen molar-refractivity contribution in [3.63, 3.8) is 0 Å². The quantitative estimate of drug-likeness (QED) is 0.661. The van der Waals surface area contributed by atoms with Gasteiger partial charge >= 0.3 is 0 Å². The first kappa shape index (κ1) is 8.64. The van der Waals surface area contributed by atoms with E-state index in [1.807, 2.05) is 13.8 Å². The van der Waals surface area contributed by atoms with Crippen LogP contribution in [0.15, 0.2) is 12.4 Å². The molecule has 4 heteroatoms. The average Bonchev–Trinajstić information content (AvgIpc) is 2.04. The third-order valence-corrected chi connectivity index (χ3v) is 1.48. The molecule has 0 spiro atoms. The number of hydrogen-bond acceptors (Lipinski definition) is 4. The molecule has 0 radical (unpaired) electrons. The molecule has 2 N–H and O–H groups in total. The summed E-state index contributed by atoms with van der Waals surface area (Å²) in [4.78, 5) is 18.8. The number of ketones is 1. The van der Waals surface area contributed by atoms with Gasteiger partial charge in [-0.25, -0.2) is 9.97 Å². The summed E-state index contributed by atoms with van der Waals surface area (Å²) in [5.41, 5.74) is 5.78. The van der Waals surface area contributed by atoms with Crippen molar-refractivity contribution >= 4 is 11.7 Å². The van der Waals surface area contributed by atoms with E-state index < -0.39 is 0 Å². The molecule has 0 aliphatic heterocycles. The molecule has 1 rings (SSSR count). The summed E-state index contributed by atoms with van der Waals surface area (Å²) in [5.74, 6) is 0.197. The van der Waals surface area contributed by atoms with Gasteiger partial charge in [0.05, 0.1) is 5.56 Å². The van der Waals surface area contributed by atoms with Crippen LogP contribution in [0.1, 0.15) is 24.2 Å². The van der Waals surface area contributed by atoms with E-state index in [9.17, 15) is 4.79 Å². The molecule has 0 bridgehead atoms. The normalized spacial score (nSPS) is 10.2. The maximum absolute atomic E-state index is 11.3. The van der Waals surface area contributed by atoms with Crippen LogP contribution in [0.2, 0.25) is 0 Å². The molecule has 4 nitrogen and oxygen atoms in total. The minimum atomic E-state index is -0.0303. The highest BCUT2D eigenvalue weighted by Gasteiger charge is 2.10. The molecular weight excluding hydrogens is 154 g/mol. The van der Waals surface area contributed by atoms with Gasteiger partial charge in [-0.2, -0.15) is 0 Å². The van der Waals surface area contributed by atoms with Gasteiger partial charge in [0, 0.05) is 18.3 Å². The molecule has 0 amide bonds. The lowest BCUT2D eigenvalue weighted by molar-refractivity contribution is 0.0938. The lowest BCUT2D eigenvalue weighted by atomic mass is 10.0. The van der Waals surface area contributed by atoms with Crippen LogP contribution in [-0.4, -0.2) is 15.8 Å². The number of hydrogen-bond donors (Lipinski definition) is 1. The number of carbonyl (C=O) groups excluding carboxylic acids is 1. The fourth-order valence-corrected chi connectivity index (χ4v) is 0.799. The van der Waals surface area contributed by atoms with Crippen LogP contribution in [0.4, 0.5) is 5.95 Å². The van der Waals surface area contributed by atoms with Crippen molar-refractivity contribution in [2.45, 2.75) is 13.8 Å². The van der Waals surface area contributed by atoms with Crippen molar-refractivity contribution in [3.8, 4) is 0 Å². The zero-order valence-corrected chi connectivity index (χ0v) is 7.11. The van der Waals surface area contributed by atoms with Crippen LogP contribution in [0.3, 0.4) is 0 Å². The van der Waals surface area contributed by atoms with Gasteiger partial charge in [0.1, 0.15) is 0 Å². The molecule has 1 heterocycles. The van der Waals surface area contributed by atoms with E-state index >= 15 is 0 Å². The predicted octanol–water partition coefficient (Wildman–Crippen LogP) is 0.897. The monoisotopic (exact) mass is 165 g/mol. The second-order valence-electron chi connectivity index (χ2n) is 2.85.